The zero-order valence-corrected chi connectivity index (χ0v) is 11.7. The van der Waals surface area contributed by atoms with Gasteiger partial charge in [0.25, 0.3) is 5.91 Å². The molecule has 9 heteroatoms. The number of amides is 1. The molecule has 20 heavy (non-hydrogen) atoms. The molecule has 0 aliphatic carbocycles. The van der Waals surface area contributed by atoms with E-state index < -0.39 is 16.0 Å². The van der Waals surface area contributed by atoms with Gasteiger partial charge >= 0.3 is 5.97 Å². The van der Waals surface area contributed by atoms with Crippen LogP contribution >= 0.6 is 0 Å². The van der Waals surface area contributed by atoms with Gasteiger partial charge in [0.1, 0.15) is 11.3 Å². The van der Waals surface area contributed by atoms with Gasteiger partial charge in [-0.2, -0.15) is 0 Å². The Morgan fingerprint density at radius 1 is 1.35 bits per heavy atom. The Balaban J connectivity index is 3.09. The molecule has 0 saturated carbocycles. The van der Waals surface area contributed by atoms with E-state index in [0.717, 1.165) is 18.2 Å². The molecule has 8 nitrogen and oxygen atoms in total. The van der Waals surface area contributed by atoms with Gasteiger partial charge in [-0.3, -0.25) is 4.79 Å². The standard InChI is InChI=1S/C11H14N2O6S/c1-13(2)10(14)6-19-9-4-3-7(20(12,17)18)5-8(9)11(15)16/h3-5H,6H2,1-2H3,(H,15,16)(H2,12,17,18). The van der Waals surface area contributed by atoms with Gasteiger partial charge in [-0.05, 0) is 18.2 Å². The van der Waals surface area contributed by atoms with Crippen molar-refractivity contribution >= 4 is 21.9 Å². The van der Waals surface area contributed by atoms with E-state index in [1.807, 2.05) is 0 Å². The molecule has 1 aromatic carbocycles. The third-order valence-electron chi connectivity index (χ3n) is 2.36. The number of likely N-dealkylation sites (N-methyl/N-ethyl adjacent to an activating group) is 1. The van der Waals surface area contributed by atoms with E-state index in [-0.39, 0.29) is 28.7 Å². The minimum Gasteiger partial charge on any atom is -0.483 e. The zero-order valence-electron chi connectivity index (χ0n) is 10.9. The fourth-order valence-corrected chi connectivity index (χ4v) is 1.79. The molecular weight excluding hydrogens is 288 g/mol. The molecule has 0 heterocycles. The molecular formula is C11H14N2O6S. The summed E-state index contributed by atoms with van der Waals surface area (Å²) in [6.45, 7) is -0.359. The van der Waals surface area contributed by atoms with E-state index >= 15 is 0 Å². The molecule has 0 unspecified atom stereocenters. The number of sulfonamides is 1. The summed E-state index contributed by atoms with van der Waals surface area (Å²) in [4.78, 5) is 23.4. The predicted octanol–water partition coefficient (Wildman–Crippen LogP) is -0.501. The number of nitrogens with zero attached hydrogens (tertiary/aromatic N) is 1. The Hall–Kier alpha value is -2.13. The summed E-state index contributed by atoms with van der Waals surface area (Å²) in [6.07, 6.45) is 0. The van der Waals surface area contributed by atoms with Crippen LogP contribution in [0.3, 0.4) is 0 Å². The highest BCUT2D eigenvalue weighted by Gasteiger charge is 2.18. The first-order chi connectivity index (χ1) is 9.12. The molecule has 0 bridgehead atoms. The van der Waals surface area contributed by atoms with Gasteiger partial charge in [0.05, 0.1) is 4.90 Å². The van der Waals surface area contributed by atoms with E-state index in [1.54, 1.807) is 0 Å². The lowest BCUT2D eigenvalue weighted by Gasteiger charge is -2.13. The Morgan fingerprint density at radius 2 is 1.95 bits per heavy atom. The summed E-state index contributed by atoms with van der Waals surface area (Å²) in [5.41, 5.74) is -0.386. The second-order valence-corrected chi connectivity index (χ2v) is 5.65. The van der Waals surface area contributed by atoms with Crippen LogP contribution in [0, 0.1) is 0 Å². The summed E-state index contributed by atoms with van der Waals surface area (Å²) >= 11 is 0. The topological polar surface area (TPSA) is 127 Å². The fourth-order valence-electron chi connectivity index (χ4n) is 1.25. The fraction of sp³-hybridized carbons (Fsp3) is 0.273. The molecule has 0 saturated heterocycles. The number of carboxylic acids is 1. The molecule has 0 fully saturated rings. The number of nitrogens with two attached hydrogens (primary N) is 1. The third-order valence-corrected chi connectivity index (χ3v) is 3.27. The van der Waals surface area contributed by atoms with Gasteiger partial charge in [-0.15, -0.1) is 0 Å². The van der Waals surface area contributed by atoms with Crippen molar-refractivity contribution in [2.75, 3.05) is 20.7 Å². The number of aromatic carboxylic acids is 1. The predicted molar refractivity (Wildman–Crippen MR) is 69.0 cm³/mol. The molecule has 110 valence electrons. The number of carbonyl (C=O) groups excluding carboxylic acids is 1. The lowest BCUT2D eigenvalue weighted by atomic mass is 10.2. The Bertz CT molecular complexity index is 638. The van der Waals surface area contributed by atoms with Crippen LogP contribution in [0.25, 0.3) is 0 Å². The second-order valence-electron chi connectivity index (χ2n) is 4.08. The molecule has 0 aliphatic rings. The van der Waals surface area contributed by atoms with Crippen LogP contribution in [0.4, 0.5) is 0 Å². The molecule has 1 rings (SSSR count). The number of benzene rings is 1. The maximum Gasteiger partial charge on any atom is 0.339 e. The summed E-state index contributed by atoms with van der Waals surface area (Å²) in [6, 6.07) is 3.14. The molecule has 0 atom stereocenters. The first kappa shape index (κ1) is 15.9. The van der Waals surface area contributed by atoms with Gasteiger partial charge < -0.3 is 14.7 Å². The van der Waals surface area contributed by atoms with Crippen LogP contribution in [0.5, 0.6) is 5.75 Å². The Labute approximate surface area is 115 Å². The maximum atomic E-state index is 11.4. The van der Waals surface area contributed by atoms with Gasteiger partial charge in [0.2, 0.25) is 10.0 Å². The number of carboxylic acid groups (broad SMARTS) is 1. The monoisotopic (exact) mass is 302 g/mol. The summed E-state index contributed by atoms with van der Waals surface area (Å²) in [5.74, 6) is -1.86. The zero-order chi connectivity index (χ0) is 15.5. The first-order valence-corrected chi connectivity index (χ1v) is 6.90. The molecule has 3 N–H and O–H groups in total. The van der Waals surface area contributed by atoms with Gasteiger partial charge in [-0.25, -0.2) is 18.4 Å². The van der Waals surface area contributed by atoms with Gasteiger partial charge in [0, 0.05) is 14.1 Å². The average Bonchev–Trinajstić information content (AvgIpc) is 2.34. The van der Waals surface area contributed by atoms with Crippen molar-refractivity contribution in [1.29, 1.82) is 0 Å². The summed E-state index contributed by atoms with van der Waals surface area (Å²) in [7, 11) is -0.971. The van der Waals surface area contributed by atoms with E-state index in [0.29, 0.717) is 0 Å². The molecule has 0 spiro atoms. The molecule has 0 aromatic heterocycles. The van der Waals surface area contributed by atoms with Crippen LogP contribution < -0.4 is 9.88 Å². The number of primary sulfonamides is 1. The normalized spacial score (nSPS) is 10.9. The van der Waals surface area contributed by atoms with Crippen molar-refractivity contribution in [2.24, 2.45) is 5.14 Å². The van der Waals surface area contributed by atoms with Crippen molar-refractivity contribution in [3.8, 4) is 5.75 Å². The lowest BCUT2D eigenvalue weighted by molar-refractivity contribution is -0.130. The van der Waals surface area contributed by atoms with E-state index in [4.69, 9.17) is 15.0 Å². The van der Waals surface area contributed by atoms with Crippen molar-refractivity contribution < 1.29 is 27.9 Å². The third kappa shape index (κ3) is 3.93. The highest BCUT2D eigenvalue weighted by Crippen LogP contribution is 2.22. The molecule has 0 aliphatic heterocycles. The van der Waals surface area contributed by atoms with Crippen molar-refractivity contribution in [2.45, 2.75) is 4.90 Å². The van der Waals surface area contributed by atoms with Crippen LogP contribution in [-0.2, 0) is 14.8 Å². The van der Waals surface area contributed by atoms with E-state index in [9.17, 15) is 18.0 Å². The van der Waals surface area contributed by atoms with Crippen LogP contribution in [0.2, 0.25) is 0 Å². The highest BCUT2D eigenvalue weighted by atomic mass is 32.2. The van der Waals surface area contributed by atoms with Crippen molar-refractivity contribution in [3.05, 3.63) is 23.8 Å². The van der Waals surface area contributed by atoms with Crippen LogP contribution in [-0.4, -0.2) is 51.0 Å². The smallest absolute Gasteiger partial charge is 0.339 e. The van der Waals surface area contributed by atoms with Crippen LogP contribution in [0.1, 0.15) is 10.4 Å². The number of carbonyl (C=O) groups is 2. The van der Waals surface area contributed by atoms with E-state index in [2.05, 4.69) is 0 Å². The second kappa shape index (κ2) is 5.88. The Kier molecular flexibility index (Phi) is 4.69. The first-order valence-electron chi connectivity index (χ1n) is 5.36. The number of ether oxygens (including phenoxy) is 1. The number of hydrogen-bond donors (Lipinski definition) is 2. The number of hydrogen-bond acceptors (Lipinski definition) is 5. The minimum absolute atomic E-state index is 0.111. The van der Waals surface area contributed by atoms with Crippen molar-refractivity contribution in [1.82, 2.24) is 4.90 Å². The largest absolute Gasteiger partial charge is 0.483 e. The van der Waals surface area contributed by atoms with E-state index in [1.165, 1.54) is 19.0 Å². The molecule has 0 radical (unpaired) electrons. The van der Waals surface area contributed by atoms with Crippen LogP contribution in [0.15, 0.2) is 23.1 Å². The average molecular weight is 302 g/mol. The summed E-state index contributed by atoms with van der Waals surface area (Å²) < 4.78 is 27.4. The quantitative estimate of drug-likeness (QED) is 0.754. The molecule has 1 aromatic rings. The SMILES string of the molecule is CN(C)C(=O)COc1ccc(S(N)(=O)=O)cc1C(=O)O. The lowest BCUT2D eigenvalue weighted by Crippen LogP contribution is -2.27. The Morgan fingerprint density at radius 3 is 2.40 bits per heavy atom. The van der Waals surface area contributed by atoms with Gasteiger partial charge in [-0.1, -0.05) is 0 Å². The minimum atomic E-state index is -4.01. The number of rotatable bonds is 5. The van der Waals surface area contributed by atoms with Crippen molar-refractivity contribution in [3.63, 3.8) is 0 Å². The molecule has 1 amide bonds. The highest BCUT2D eigenvalue weighted by molar-refractivity contribution is 7.89. The maximum absolute atomic E-state index is 11.4. The van der Waals surface area contributed by atoms with Gasteiger partial charge in [0.15, 0.2) is 6.61 Å². The summed E-state index contributed by atoms with van der Waals surface area (Å²) in [5, 5.41) is 13.9.